The van der Waals surface area contributed by atoms with Gasteiger partial charge in [-0.05, 0) is 49.2 Å². The molecule has 1 aliphatic heterocycles. The van der Waals surface area contributed by atoms with Crippen molar-refractivity contribution < 1.29 is 14.3 Å². The van der Waals surface area contributed by atoms with Gasteiger partial charge in [-0.2, -0.15) is 5.10 Å². The van der Waals surface area contributed by atoms with Crippen molar-refractivity contribution in [1.29, 1.82) is 0 Å². The molecule has 0 bridgehead atoms. The van der Waals surface area contributed by atoms with E-state index in [-0.39, 0.29) is 11.8 Å². The highest BCUT2D eigenvalue weighted by molar-refractivity contribution is 5.90. The zero-order valence-electron chi connectivity index (χ0n) is 16.2. The summed E-state index contributed by atoms with van der Waals surface area (Å²) in [5.41, 5.74) is 1.81. The Labute approximate surface area is 164 Å². The van der Waals surface area contributed by atoms with E-state index in [0.717, 1.165) is 49.5 Å². The van der Waals surface area contributed by atoms with Crippen molar-refractivity contribution in [1.82, 2.24) is 20.4 Å². The number of methoxy groups -OCH3 is 1. The number of H-pyrrole nitrogens is 1. The highest BCUT2D eigenvalue weighted by Crippen LogP contribution is 2.22. The summed E-state index contributed by atoms with van der Waals surface area (Å²) < 4.78 is 5.16. The van der Waals surface area contributed by atoms with E-state index in [1.807, 2.05) is 30.3 Å². The van der Waals surface area contributed by atoms with Gasteiger partial charge < -0.3 is 20.3 Å². The molecular formula is C20H27N5O3. The molecule has 0 saturated carbocycles. The first kappa shape index (κ1) is 19.9. The highest BCUT2D eigenvalue weighted by atomic mass is 16.5. The van der Waals surface area contributed by atoms with Gasteiger partial charge in [0.1, 0.15) is 5.75 Å². The third-order valence-electron chi connectivity index (χ3n) is 4.78. The molecule has 0 atom stereocenters. The molecule has 0 radical (unpaired) electrons. The van der Waals surface area contributed by atoms with Gasteiger partial charge in [0.2, 0.25) is 11.8 Å². The van der Waals surface area contributed by atoms with E-state index in [9.17, 15) is 9.59 Å². The zero-order valence-corrected chi connectivity index (χ0v) is 16.2. The summed E-state index contributed by atoms with van der Waals surface area (Å²) in [5.74, 6) is 1.39. The number of aromatic amines is 1. The average Bonchev–Trinajstić information content (AvgIpc) is 3.07. The predicted molar refractivity (Wildman–Crippen MR) is 107 cm³/mol. The molecule has 3 N–H and O–H groups in total. The summed E-state index contributed by atoms with van der Waals surface area (Å²) >= 11 is 0. The van der Waals surface area contributed by atoms with Crippen LogP contribution >= 0.6 is 0 Å². The van der Waals surface area contributed by atoms with E-state index in [2.05, 4.69) is 25.7 Å². The summed E-state index contributed by atoms with van der Waals surface area (Å²) in [4.78, 5) is 25.7. The van der Waals surface area contributed by atoms with Crippen LogP contribution in [0.4, 0.5) is 5.82 Å². The summed E-state index contributed by atoms with van der Waals surface area (Å²) in [7, 11) is 1.63. The van der Waals surface area contributed by atoms with Gasteiger partial charge in [0.25, 0.3) is 0 Å². The number of benzene rings is 1. The number of nitrogens with zero attached hydrogens (tertiary/aromatic N) is 2. The standard InChI is InChI=1S/C20H27N5O3/c1-28-16-7-5-15(6-8-16)17-14-18(24-23-17)22-20(27)4-2-3-11-25-12-9-19(26)21-10-13-25/h5-8,14H,2-4,9-13H2,1H3,(H,21,26)(H2,22,23,24,27). The lowest BCUT2D eigenvalue weighted by molar-refractivity contribution is -0.120. The molecule has 150 valence electrons. The Kier molecular flexibility index (Phi) is 7.02. The van der Waals surface area contributed by atoms with Crippen molar-refractivity contribution in [2.45, 2.75) is 25.7 Å². The van der Waals surface area contributed by atoms with Crippen LogP contribution in [0.2, 0.25) is 0 Å². The van der Waals surface area contributed by atoms with E-state index < -0.39 is 0 Å². The van der Waals surface area contributed by atoms with Crippen molar-refractivity contribution in [3.8, 4) is 17.0 Å². The topological polar surface area (TPSA) is 99.3 Å². The lowest BCUT2D eigenvalue weighted by atomic mass is 10.1. The Balaban J connectivity index is 1.39. The molecule has 0 spiro atoms. The van der Waals surface area contributed by atoms with Gasteiger partial charge in [-0.3, -0.25) is 14.7 Å². The Bertz CT molecular complexity index is 787. The molecule has 1 aromatic carbocycles. The molecule has 1 fully saturated rings. The fourth-order valence-corrected chi connectivity index (χ4v) is 3.17. The summed E-state index contributed by atoms with van der Waals surface area (Å²) in [6.45, 7) is 3.28. The molecule has 1 aliphatic rings. The van der Waals surface area contributed by atoms with Crippen molar-refractivity contribution in [2.75, 3.05) is 38.6 Å². The molecule has 3 rings (SSSR count). The summed E-state index contributed by atoms with van der Waals surface area (Å²) in [6.07, 6.45) is 2.74. The summed E-state index contributed by atoms with van der Waals surface area (Å²) in [6, 6.07) is 9.45. The van der Waals surface area contributed by atoms with E-state index >= 15 is 0 Å². The number of hydrogen-bond donors (Lipinski definition) is 3. The van der Waals surface area contributed by atoms with Gasteiger partial charge in [-0.15, -0.1) is 0 Å². The molecular weight excluding hydrogens is 358 g/mol. The van der Waals surface area contributed by atoms with E-state index in [4.69, 9.17) is 4.74 Å². The Hall–Kier alpha value is -2.87. The SMILES string of the molecule is COc1ccc(-c2cc(NC(=O)CCCCN3CCNC(=O)CC3)n[nH]2)cc1. The van der Waals surface area contributed by atoms with Crippen LogP contribution in [0.5, 0.6) is 5.75 Å². The first-order chi connectivity index (χ1) is 13.6. The van der Waals surface area contributed by atoms with E-state index in [1.54, 1.807) is 7.11 Å². The highest BCUT2D eigenvalue weighted by Gasteiger charge is 2.13. The molecule has 8 nitrogen and oxygen atoms in total. The maximum absolute atomic E-state index is 12.1. The van der Waals surface area contributed by atoms with Crippen molar-refractivity contribution >= 4 is 17.6 Å². The number of carbonyl (C=O) groups excluding carboxylic acids is 2. The molecule has 2 aromatic rings. The van der Waals surface area contributed by atoms with Gasteiger partial charge in [0.05, 0.1) is 12.8 Å². The minimum absolute atomic E-state index is 0.0412. The van der Waals surface area contributed by atoms with Crippen LogP contribution in [0, 0.1) is 0 Å². The van der Waals surface area contributed by atoms with Crippen LogP contribution in [0.25, 0.3) is 11.3 Å². The number of amides is 2. The van der Waals surface area contributed by atoms with Crippen LogP contribution in [0.3, 0.4) is 0 Å². The second-order valence-electron chi connectivity index (χ2n) is 6.84. The predicted octanol–water partition coefficient (Wildman–Crippen LogP) is 2.02. The van der Waals surface area contributed by atoms with Crippen LogP contribution in [-0.4, -0.2) is 60.2 Å². The minimum atomic E-state index is -0.0412. The molecule has 0 aliphatic carbocycles. The largest absolute Gasteiger partial charge is 0.497 e. The zero-order chi connectivity index (χ0) is 19.8. The molecule has 2 amide bonds. The number of unbranched alkanes of at least 4 members (excludes halogenated alkanes) is 1. The third-order valence-corrected chi connectivity index (χ3v) is 4.78. The van der Waals surface area contributed by atoms with Crippen molar-refractivity contribution in [3.63, 3.8) is 0 Å². The molecule has 1 saturated heterocycles. The minimum Gasteiger partial charge on any atom is -0.497 e. The van der Waals surface area contributed by atoms with Gasteiger partial charge in [-0.1, -0.05) is 0 Å². The Morgan fingerprint density at radius 1 is 1.25 bits per heavy atom. The molecule has 28 heavy (non-hydrogen) atoms. The lowest BCUT2D eigenvalue weighted by Gasteiger charge is -2.18. The second-order valence-corrected chi connectivity index (χ2v) is 6.84. The lowest BCUT2D eigenvalue weighted by Crippen LogP contribution is -2.29. The third kappa shape index (κ3) is 5.82. The summed E-state index contributed by atoms with van der Waals surface area (Å²) in [5, 5.41) is 12.8. The number of anilines is 1. The van der Waals surface area contributed by atoms with Crippen LogP contribution in [-0.2, 0) is 9.59 Å². The maximum atomic E-state index is 12.1. The van der Waals surface area contributed by atoms with Gasteiger partial charge in [0, 0.05) is 38.5 Å². The second kappa shape index (κ2) is 9.89. The van der Waals surface area contributed by atoms with Crippen molar-refractivity contribution in [3.05, 3.63) is 30.3 Å². The van der Waals surface area contributed by atoms with Gasteiger partial charge in [0.15, 0.2) is 5.82 Å². The van der Waals surface area contributed by atoms with Gasteiger partial charge >= 0.3 is 0 Å². The number of rotatable bonds is 8. The van der Waals surface area contributed by atoms with Gasteiger partial charge in [-0.25, -0.2) is 0 Å². The Morgan fingerprint density at radius 2 is 2.07 bits per heavy atom. The average molecular weight is 385 g/mol. The van der Waals surface area contributed by atoms with Crippen LogP contribution in [0.15, 0.2) is 30.3 Å². The van der Waals surface area contributed by atoms with E-state index in [0.29, 0.717) is 25.2 Å². The quantitative estimate of drug-likeness (QED) is 0.604. The maximum Gasteiger partial charge on any atom is 0.225 e. The smallest absolute Gasteiger partial charge is 0.225 e. The first-order valence-electron chi connectivity index (χ1n) is 9.63. The molecule has 8 heteroatoms. The molecule has 1 aromatic heterocycles. The fraction of sp³-hybridized carbons (Fsp3) is 0.450. The fourth-order valence-electron chi connectivity index (χ4n) is 3.17. The van der Waals surface area contributed by atoms with Crippen LogP contribution < -0.4 is 15.4 Å². The Morgan fingerprint density at radius 3 is 2.86 bits per heavy atom. The van der Waals surface area contributed by atoms with Crippen molar-refractivity contribution in [2.24, 2.45) is 0 Å². The number of aromatic nitrogens is 2. The normalized spacial score (nSPS) is 15.0. The number of hydrogen-bond acceptors (Lipinski definition) is 5. The number of ether oxygens (including phenoxy) is 1. The monoisotopic (exact) mass is 385 g/mol. The van der Waals surface area contributed by atoms with E-state index in [1.165, 1.54) is 0 Å². The molecule has 0 unspecified atom stereocenters. The van der Waals surface area contributed by atoms with Crippen LogP contribution in [0.1, 0.15) is 25.7 Å². The first-order valence-corrected chi connectivity index (χ1v) is 9.63. The number of carbonyl (C=O) groups is 2. The number of nitrogens with one attached hydrogen (secondary N) is 3. The molecule has 2 heterocycles.